The first-order chi connectivity index (χ1) is 6.74. The molecule has 0 saturated carbocycles. The molecule has 0 bridgehead atoms. The third kappa shape index (κ3) is 1.33. The first-order valence-electron chi connectivity index (χ1n) is 4.25. The van der Waals surface area contributed by atoms with E-state index in [2.05, 4.69) is 0 Å². The Bertz CT molecular complexity index is 368. The van der Waals surface area contributed by atoms with Crippen molar-refractivity contribution in [3.8, 4) is 11.5 Å². The van der Waals surface area contributed by atoms with E-state index in [4.69, 9.17) is 20.9 Å². The first-order valence-corrected chi connectivity index (χ1v) is 5.24. The molecule has 5 heteroatoms. The molecule has 0 saturated heterocycles. The Kier molecular flexibility index (Phi) is 2.33. The molecule has 2 rings (SSSR count). The molecule has 0 unspecified atom stereocenters. The topological polar surface area (TPSA) is 70.5 Å². The van der Waals surface area contributed by atoms with Gasteiger partial charge in [0.1, 0.15) is 5.75 Å². The summed E-state index contributed by atoms with van der Waals surface area (Å²) in [6.07, 6.45) is 0. The first kappa shape index (κ1) is 9.33. The number of thioether (sulfide) groups is 1. The van der Waals surface area contributed by atoms with Crippen molar-refractivity contribution in [2.24, 2.45) is 0 Å². The Morgan fingerprint density at radius 3 is 3.00 bits per heavy atom. The lowest BCUT2D eigenvalue weighted by atomic mass is 10.2. The third-order valence-corrected chi connectivity index (χ3v) is 3.13. The number of ether oxygens (including phenoxy) is 2. The quantitative estimate of drug-likeness (QED) is 0.687. The van der Waals surface area contributed by atoms with E-state index < -0.39 is 0 Å². The van der Waals surface area contributed by atoms with Gasteiger partial charge in [0, 0.05) is 11.8 Å². The number of methoxy groups -OCH3 is 1. The highest BCUT2D eigenvalue weighted by molar-refractivity contribution is 7.99. The number of fused-ring (bicyclic) bond motifs is 1. The summed E-state index contributed by atoms with van der Waals surface area (Å²) in [6, 6.07) is 1.69. The van der Waals surface area contributed by atoms with Gasteiger partial charge in [-0.2, -0.15) is 0 Å². The van der Waals surface area contributed by atoms with E-state index in [1.807, 2.05) is 0 Å². The highest BCUT2D eigenvalue weighted by atomic mass is 32.2. The van der Waals surface area contributed by atoms with Crippen molar-refractivity contribution in [3.05, 3.63) is 6.07 Å². The Morgan fingerprint density at radius 1 is 1.50 bits per heavy atom. The van der Waals surface area contributed by atoms with E-state index in [1.165, 1.54) is 0 Å². The van der Waals surface area contributed by atoms with Crippen LogP contribution in [0.25, 0.3) is 0 Å². The number of anilines is 2. The normalized spacial score (nSPS) is 14.4. The second-order valence-electron chi connectivity index (χ2n) is 2.94. The average Bonchev–Trinajstić information content (AvgIpc) is 2.23. The van der Waals surface area contributed by atoms with Crippen molar-refractivity contribution in [1.82, 2.24) is 0 Å². The van der Waals surface area contributed by atoms with Crippen molar-refractivity contribution in [3.63, 3.8) is 0 Å². The van der Waals surface area contributed by atoms with Crippen LogP contribution < -0.4 is 20.9 Å². The maximum atomic E-state index is 5.90. The minimum Gasteiger partial charge on any atom is -0.494 e. The third-order valence-electron chi connectivity index (χ3n) is 2.06. The Balaban J connectivity index is 2.58. The maximum Gasteiger partial charge on any atom is 0.158 e. The summed E-state index contributed by atoms with van der Waals surface area (Å²) in [5.41, 5.74) is 12.9. The summed E-state index contributed by atoms with van der Waals surface area (Å²) in [5, 5.41) is 0. The molecular formula is C9H12N2O2S. The predicted molar refractivity (Wildman–Crippen MR) is 58.0 cm³/mol. The van der Waals surface area contributed by atoms with Gasteiger partial charge in [0.2, 0.25) is 0 Å². The number of nitrogens with two attached hydrogens (primary N) is 2. The van der Waals surface area contributed by atoms with E-state index in [0.717, 1.165) is 10.6 Å². The highest BCUT2D eigenvalue weighted by Gasteiger charge is 2.20. The molecule has 4 nitrogen and oxygen atoms in total. The summed E-state index contributed by atoms with van der Waals surface area (Å²) < 4.78 is 10.6. The molecule has 0 aliphatic carbocycles. The van der Waals surface area contributed by atoms with E-state index in [9.17, 15) is 0 Å². The lowest BCUT2D eigenvalue weighted by Crippen LogP contribution is -2.11. The van der Waals surface area contributed by atoms with Crippen LogP contribution in [-0.2, 0) is 0 Å². The van der Waals surface area contributed by atoms with Crippen LogP contribution in [0.5, 0.6) is 11.5 Å². The Morgan fingerprint density at radius 2 is 2.29 bits per heavy atom. The molecule has 1 aromatic carbocycles. The minimum atomic E-state index is 0.582. The van der Waals surface area contributed by atoms with Crippen molar-refractivity contribution >= 4 is 23.1 Å². The second-order valence-corrected chi connectivity index (χ2v) is 4.04. The van der Waals surface area contributed by atoms with Crippen LogP contribution in [0.15, 0.2) is 11.0 Å². The molecule has 1 aliphatic heterocycles. The van der Waals surface area contributed by atoms with Crippen LogP contribution in [0, 0.1) is 0 Å². The number of benzene rings is 1. The second kappa shape index (κ2) is 3.49. The number of nitrogen functional groups attached to an aromatic ring is 2. The number of rotatable bonds is 1. The van der Waals surface area contributed by atoms with Crippen LogP contribution in [0.3, 0.4) is 0 Å². The lowest BCUT2D eigenvalue weighted by Gasteiger charge is -2.21. The summed E-state index contributed by atoms with van der Waals surface area (Å²) in [4.78, 5) is 0.896. The van der Waals surface area contributed by atoms with Crippen LogP contribution >= 0.6 is 11.8 Å². The predicted octanol–water partition coefficient (Wildman–Crippen LogP) is 1.34. The zero-order valence-electron chi connectivity index (χ0n) is 7.87. The smallest absolute Gasteiger partial charge is 0.158 e. The minimum absolute atomic E-state index is 0.582. The molecule has 1 heterocycles. The summed E-state index contributed by atoms with van der Waals surface area (Å²) in [7, 11) is 1.58. The molecule has 1 aliphatic rings. The van der Waals surface area contributed by atoms with Gasteiger partial charge >= 0.3 is 0 Å². The van der Waals surface area contributed by atoms with Gasteiger partial charge in [-0.1, -0.05) is 0 Å². The SMILES string of the molecule is COc1cc(N)c2c(c1N)SCCO2. The zero-order chi connectivity index (χ0) is 10.1. The monoisotopic (exact) mass is 212 g/mol. The van der Waals surface area contributed by atoms with Crippen molar-refractivity contribution < 1.29 is 9.47 Å². The fourth-order valence-electron chi connectivity index (χ4n) is 1.40. The molecule has 4 N–H and O–H groups in total. The summed E-state index contributed by atoms with van der Waals surface area (Å²) in [6.45, 7) is 0.674. The van der Waals surface area contributed by atoms with Gasteiger partial charge in [-0.05, 0) is 0 Å². The molecule has 0 spiro atoms. The van der Waals surface area contributed by atoms with Gasteiger partial charge in [0.15, 0.2) is 5.75 Å². The van der Waals surface area contributed by atoms with Crippen LogP contribution in [-0.4, -0.2) is 19.5 Å². The van der Waals surface area contributed by atoms with Crippen LogP contribution in [0.4, 0.5) is 11.4 Å². The summed E-state index contributed by atoms with van der Waals surface area (Å²) >= 11 is 1.65. The molecule has 14 heavy (non-hydrogen) atoms. The van der Waals surface area contributed by atoms with Crippen molar-refractivity contribution in [1.29, 1.82) is 0 Å². The molecule has 0 fully saturated rings. The molecule has 0 radical (unpaired) electrons. The van der Waals surface area contributed by atoms with Crippen LogP contribution in [0.1, 0.15) is 0 Å². The largest absolute Gasteiger partial charge is 0.494 e. The Hall–Kier alpha value is -1.23. The highest BCUT2D eigenvalue weighted by Crippen LogP contribution is 2.46. The molecule has 0 aromatic heterocycles. The number of hydrogen-bond acceptors (Lipinski definition) is 5. The molecule has 76 valence electrons. The molecular weight excluding hydrogens is 200 g/mol. The number of hydrogen-bond donors (Lipinski definition) is 2. The zero-order valence-corrected chi connectivity index (χ0v) is 8.69. The fourth-order valence-corrected chi connectivity index (χ4v) is 2.33. The van der Waals surface area contributed by atoms with Crippen LogP contribution in [0.2, 0.25) is 0 Å². The van der Waals surface area contributed by atoms with Gasteiger partial charge in [0.25, 0.3) is 0 Å². The van der Waals surface area contributed by atoms with Gasteiger partial charge in [-0.15, -0.1) is 11.8 Å². The van der Waals surface area contributed by atoms with Crippen molar-refractivity contribution in [2.45, 2.75) is 4.90 Å². The lowest BCUT2D eigenvalue weighted by molar-refractivity contribution is 0.331. The van der Waals surface area contributed by atoms with E-state index >= 15 is 0 Å². The van der Waals surface area contributed by atoms with E-state index in [0.29, 0.717) is 29.5 Å². The molecule has 1 aromatic rings. The maximum absolute atomic E-state index is 5.90. The van der Waals surface area contributed by atoms with Gasteiger partial charge in [-0.3, -0.25) is 0 Å². The van der Waals surface area contributed by atoms with Crippen molar-refractivity contribution in [2.75, 3.05) is 30.9 Å². The van der Waals surface area contributed by atoms with Gasteiger partial charge < -0.3 is 20.9 Å². The standard InChI is InChI=1S/C9H12N2O2S/c1-12-6-4-5(10)8-9(7(6)11)14-3-2-13-8/h4H,2-3,10-11H2,1H3. The van der Waals surface area contributed by atoms with Gasteiger partial charge in [0.05, 0.1) is 30.0 Å². The average molecular weight is 212 g/mol. The molecule has 0 amide bonds. The summed E-state index contributed by atoms with van der Waals surface area (Å²) in [5.74, 6) is 2.20. The molecule has 0 atom stereocenters. The van der Waals surface area contributed by atoms with E-state index in [1.54, 1.807) is 24.9 Å². The van der Waals surface area contributed by atoms with E-state index in [-0.39, 0.29) is 0 Å². The fraction of sp³-hybridized carbons (Fsp3) is 0.333. The Labute approximate surface area is 86.6 Å². The van der Waals surface area contributed by atoms with Gasteiger partial charge in [-0.25, -0.2) is 0 Å².